The monoisotopic (exact) mass is 223 g/mol. The van der Waals surface area contributed by atoms with Crippen molar-refractivity contribution in [3.8, 4) is 0 Å². The van der Waals surface area contributed by atoms with Gasteiger partial charge in [-0.15, -0.1) is 0 Å². The second-order valence-electron chi connectivity index (χ2n) is 2.98. The van der Waals surface area contributed by atoms with Crippen LogP contribution in [-0.4, -0.2) is 37.2 Å². The number of benzene rings is 1. The van der Waals surface area contributed by atoms with Crippen LogP contribution in [-0.2, 0) is 9.47 Å². The molecule has 1 aromatic carbocycles. The Balaban J connectivity index is 2.95. The lowest BCUT2D eigenvalue weighted by Gasteiger charge is -2.13. The molecule has 5 nitrogen and oxygen atoms in total. The highest BCUT2D eigenvalue weighted by Crippen LogP contribution is 2.06. The molecule has 0 aliphatic heterocycles. The van der Waals surface area contributed by atoms with E-state index in [9.17, 15) is 4.79 Å². The molecular formula is C11H13NO4. The Hall–Kier alpha value is -1.72. The fourth-order valence-corrected chi connectivity index (χ4v) is 1.26. The van der Waals surface area contributed by atoms with E-state index in [-0.39, 0.29) is 5.71 Å². The summed E-state index contributed by atoms with van der Waals surface area (Å²) in [5, 5.41) is 11.7. The minimum atomic E-state index is -0.974. The van der Waals surface area contributed by atoms with Crippen molar-refractivity contribution >= 4 is 11.5 Å². The highest BCUT2D eigenvalue weighted by Gasteiger charge is 2.24. The third-order valence-electron chi connectivity index (χ3n) is 2.03. The third kappa shape index (κ3) is 2.65. The summed E-state index contributed by atoms with van der Waals surface area (Å²) >= 11 is 0. The summed E-state index contributed by atoms with van der Waals surface area (Å²) in [5.74, 6) is -0.434. The third-order valence-corrected chi connectivity index (χ3v) is 2.03. The Labute approximate surface area is 93.3 Å². The van der Waals surface area contributed by atoms with Gasteiger partial charge in [-0.25, -0.2) is 0 Å². The number of ketones is 1. The Morgan fingerprint density at radius 2 is 1.81 bits per heavy atom. The second kappa shape index (κ2) is 5.99. The number of carbonyl (C=O) groups excluding carboxylic acids is 1. The van der Waals surface area contributed by atoms with Gasteiger partial charge in [0.25, 0.3) is 0 Å². The predicted octanol–water partition coefficient (Wildman–Crippen LogP) is 1.32. The van der Waals surface area contributed by atoms with Crippen LogP contribution in [0.25, 0.3) is 0 Å². The van der Waals surface area contributed by atoms with Gasteiger partial charge >= 0.3 is 0 Å². The maximum absolute atomic E-state index is 11.9. The first-order valence-corrected chi connectivity index (χ1v) is 4.61. The van der Waals surface area contributed by atoms with Crippen LogP contribution in [0.2, 0.25) is 0 Å². The van der Waals surface area contributed by atoms with Crippen LogP contribution in [0.15, 0.2) is 35.5 Å². The fourth-order valence-electron chi connectivity index (χ4n) is 1.26. The van der Waals surface area contributed by atoms with Gasteiger partial charge in [0, 0.05) is 19.8 Å². The topological polar surface area (TPSA) is 68.1 Å². The molecule has 0 aromatic heterocycles. The minimum Gasteiger partial charge on any atom is -0.410 e. The van der Waals surface area contributed by atoms with Crippen molar-refractivity contribution in [2.75, 3.05) is 14.2 Å². The summed E-state index contributed by atoms with van der Waals surface area (Å²) < 4.78 is 9.72. The predicted molar refractivity (Wildman–Crippen MR) is 57.8 cm³/mol. The Morgan fingerprint density at radius 3 is 2.25 bits per heavy atom. The van der Waals surface area contributed by atoms with Crippen molar-refractivity contribution < 1.29 is 19.5 Å². The molecule has 5 heteroatoms. The van der Waals surface area contributed by atoms with Crippen LogP contribution < -0.4 is 0 Å². The zero-order valence-corrected chi connectivity index (χ0v) is 9.08. The maximum atomic E-state index is 11.9. The van der Waals surface area contributed by atoms with E-state index in [0.29, 0.717) is 5.56 Å². The summed E-state index contributed by atoms with van der Waals surface area (Å²) in [4.78, 5) is 11.9. The standard InChI is InChI=1S/C11H13NO4/c1-15-11(16-2)9(12-14)10(13)8-6-4-3-5-7-8/h3-7,11,14H,1-2H3. The molecule has 0 heterocycles. The van der Waals surface area contributed by atoms with E-state index in [1.54, 1.807) is 30.3 Å². The molecule has 0 spiro atoms. The summed E-state index contributed by atoms with van der Waals surface area (Å²) in [6.07, 6.45) is -0.974. The van der Waals surface area contributed by atoms with Crippen molar-refractivity contribution in [2.24, 2.45) is 5.16 Å². The number of carbonyl (C=O) groups is 1. The molecule has 0 amide bonds. The van der Waals surface area contributed by atoms with Crippen LogP contribution in [0, 0.1) is 0 Å². The quantitative estimate of drug-likeness (QED) is 0.269. The average molecular weight is 223 g/mol. The van der Waals surface area contributed by atoms with E-state index in [0.717, 1.165) is 0 Å². The zero-order valence-electron chi connectivity index (χ0n) is 9.08. The van der Waals surface area contributed by atoms with E-state index in [2.05, 4.69) is 5.16 Å². The Kier molecular flexibility index (Phi) is 4.63. The average Bonchev–Trinajstić information content (AvgIpc) is 2.36. The fraction of sp³-hybridized carbons (Fsp3) is 0.273. The molecule has 0 unspecified atom stereocenters. The van der Waals surface area contributed by atoms with Gasteiger partial charge in [0.15, 0.2) is 5.71 Å². The van der Waals surface area contributed by atoms with Gasteiger partial charge in [-0.1, -0.05) is 35.5 Å². The number of Topliss-reactive ketones (excluding diaryl/α,β-unsaturated/α-hetero) is 1. The first kappa shape index (κ1) is 12.4. The van der Waals surface area contributed by atoms with Crippen LogP contribution in [0.5, 0.6) is 0 Å². The van der Waals surface area contributed by atoms with E-state index >= 15 is 0 Å². The molecule has 0 bridgehead atoms. The van der Waals surface area contributed by atoms with Gasteiger partial charge in [-0.2, -0.15) is 0 Å². The first-order valence-electron chi connectivity index (χ1n) is 4.61. The smallest absolute Gasteiger partial charge is 0.215 e. The van der Waals surface area contributed by atoms with Gasteiger partial charge in [-0.3, -0.25) is 4.79 Å². The Morgan fingerprint density at radius 1 is 1.25 bits per heavy atom. The number of nitrogens with zero attached hydrogens (tertiary/aromatic N) is 1. The van der Waals surface area contributed by atoms with Gasteiger partial charge < -0.3 is 14.7 Å². The van der Waals surface area contributed by atoms with Crippen molar-refractivity contribution in [1.29, 1.82) is 0 Å². The molecule has 16 heavy (non-hydrogen) atoms. The lowest BCUT2D eigenvalue weighted by molar-refractivity contribution is -0.0531. The largest absolute Gasteiger partial charge is 0.410 e. The zero-order chi connectivity index (χ0) is 12.0. The van der Waals surface area contributed by atoms with Crippen LogP contribution in [0.3, 0.4) is 0 Å². The van der Waals surface area contributed by atoms with Crippen molar-refractivity contribution in [3.63, 3.8) is 0 Å². The summed E-state index contributed by atoms with van der Waals surface area (Å²) in [6, 6.07) is 8.47. The highest BCUT2D eigenvalue weighted by molar-refractivity contribution is 6.47. The molecule has 0 aliphatic carbocycles. The van der Waals surface area contributed by atoms with E-state index in [4.69, 9.17) is 14.7 Å². The molecule has 86 valence electrons. The maximum Gasteiger partial charge on any atom is 0.215 e. The lowest BCUT2D eigenvalue weighted by Crippen LogP contribution is -2.32. The molecule has 0 atom stereocenters. The minimum absolute atomic E-state index is 0.184. The molecule has 0 fully saturated rings. The SMILES string of the molecule is COC(OC)C(=NO)C(=O)c1ccccc1. The summed E-state index contributed by atoms with van der Waals surface area (Å²) in [7, 11) is 2.72. The second-order valence-corrected chi connectivity index (χ2v) is 2.98. The number of rotatable bonds is 5. The van der Waals surface area contributed by atoms with Gasteiger partial charge in [0.2, 0.25) is 12.1 Å². The van der Waals surface area contributed by atoms with Crippen molar-refractivity contribution in [3.05, 3.63) is 35.9 Å². The van der Waals surface area contributed by atoms with Crippen molar-refractivity contribution in [1.82, 2.24) is 0 Å². The molecule has 0 radical (unpaired) electrons. The number of hydrogen-bond acceptors (Lipinski definition) is 5. The van der Waals surface area contributed by atoms with Gasteiger partial charge in [0.05, 0.1) is 0 Å². The molecular weight excluding hydrogens is 210 g/mol. The van der Waals surface area contributed by atoms with E-state index < -0.39 is 12.1 Å². The molecule has 0 saturated carbocycles. The molecule has 0 saturated heterocycles. The van der Waals surface area contributed by atoms with Crippen LogP contribution >= 0.6 is 0 Å². The van der Waals surface area contributed by atoms with Crippen molar-refractivity contribution in [2.45, 2.75) is 6.29 Å². The van der Waals surface area contributed by atoms with E-state index in [1.165, 1.54) is 14.2 Å². The number of hydrogen-bond donors (Lipinski definition) is 1. The molecule has 1 N–H and O–H groups in total. The number of oxime groups is 1. The molecule has 1 aromatic rings. The number of methoxy groups -OCH3 is 2. The van der Waals surface area contributed by atoms with E-state index in [1.807, 2.05) is 0 Å². The summed E-state index contributed by atoms with van der Waals surface area (Å²) in [5.41, 5.74) is 0.227. The molecule has 0 aliphatic rings. The molecule has 1 rings (SSSR count). The van der Waals surface area contributed by atoms with Crippen LogP contribution in [0.1, 0.15) is 10.4 Å². The summed E-state index contributed by atoms with van der Waals surface area (Å²) in [6.45, 7) is 0. The van der Waals surface area contributed by atoms with Crippen LogP contribution in [0.4, 0.5) is 0 Å². The Bertz CT molecular complexity index is 371. The van der Waals surface area contributed by atoms with Gasteiger partial charge in [-0.05, 0) is 0 Å². The lowest BCUT2D eigenvalue weighted by atomic mass is 10.1. The van der Waals surface area contributed by atoms with Gasteiger partial charge in [0.1, 0.15) is 0 Å². The highest BCUT2D eigenvalue weighted by atomic mass is 16.7. The normalized spacial score (nSPS) is 11.8. The first-order chi connectivity index (χ1) is 7.74. The number of ether oxygens (including phenoxy) is 2.